The van der Waals surface area contributed by atoms with E-state index in [0.29, 0.717) is 10.7 Å². The van der Waals surface area contributed by atoms with Crippen molar-refractivity contribution in [2.45, 2.75) is 0 Å². The first-order valence-corrected chi connectivity index (χ1v) is 3.81. The van der Waals surface area contributed by atoms with Crippen LogP contribution in [0.25, 0.3) is 0 Å². The van der Waals surface area contributed by atoms with Crippen LogP contribution in [0, 0.1) is 0 Å². The van der Waals surface area contributed by atoms with E-state index in [0.717, 1.165) is 4.47 Å². The molecule has 0 aliphatic heterocycles. The monoisotopic (exact) mass is 216 g/mol. The molecule has 0 spiro atoms. The molecule has 0 saturated carbocycles. The maximum absolute atomic E-state index is 5.32. The summed E-state index contributed by atoms with van der Waals surface area (Å²) >= 11 is 7.95. The average Bonchev–Trinajstić information content (AvgIpc) is 1.88. The highest BCUT2D eigenvalue weighted by Crippen LogP contribution is 2.06. The van der Waals surface area contributed by atoms with Gasteiger partial charge in [-0.15, -0.1) is 0 Å². The zero-order chi connectivity index (χ0) is 7.56. The third-order valence-corrected chi connectivity index (χ3v) is 1.66. The first-order valence-electron chi connectivity index (χ1n) is 2.61. The van der Waals surface area contributed by atoms with Crippen molar-refractivity contribution in [1.29, 1.82) is 0 Å². The molecular formula is C6H5BrN2S. The summed E-state index contributed by atoms with van der Waals surface area (Å²) in [5.41, 5.74) is 5.97. The van der Waals surface area contributed by atoms with Crippen molar-refractivity contribution in [3.05, 3.63) is 28.5 Å². The minimum atomic E-state index is 0.326. The number of hydrogen-bond acceptors (Lipinski definition) is 2. The zero-order valence-electron chi connectivity index (χ0n) is 5.04. The number of nitrogens with zero attached hydrogens (tertiary/aromatic N) is 1. The van der Waals surface area contributed by atoms with Crippen LogP contribution >= 0.6 is 28.1 Å². The van der Waals surface area contributed by atoms with Crippen LogP contribution in [0.2, 0.25) is 0 Å². The number of hydrogen-bond donors (Lipinski definition) is 1. The molecule has 52 valence electrons. The average molecular weight is 217 g/mol. The molecule has 0 aliphatic rings. The lowest BCUT2D eigenvalue weighted by Crippen LogP contribution is -2.10. The third-order valence-electron chi connectivity index (χ3n) is 0.980. The fraction of sp³-hybridized carbons (Fsp3) is 0. The molecule has 1 aromatic rings. The number of pyridine rings is 1. The Hall–Kier alpha value is -0.480. The summed E-state index contributed by atoms with van der Waals surface area (Å²) in [4.78, 5) is 4.29. The number of nitrogens with two attached hydrogens (primary N) is 1. The van der Waals surface area contributed by atoms with Crippen LogP contribution in [-0.4, -0.2) is 9.97 Å². The maximum atomic E-state index is 5.32. The molecule has 0 fully saturated rings. The fourth-order valence-electron chi connectivity index (χ4n) is 0.522. The van der Waals surface area contributed by atoms with Crippen LogP contribution in [0.15, 0.2) is 22.8 Å². The highest BCUT2D eigenvalue weighted by atomic mass is 79.9. The van der Waals surface area contributed by atoms with Crippen molar-refractivity contribution in [3.63, 3.8) is 0 Å². The van der Waals surface area contributed by atoms with Crippen molar-refractivity contribution < 1.29 is 0 Å². The number of thiocarbonyl (C=S) groups is 1. The summed E-state index contributed by atoms with van der Waals surface area (Å²) < 4.78 is 0.924. The van der Waals surface area contributed by atoms with Gasteiger partial charge in [-0.2, -0.15) is 0 Å². The highest BCUT2D eigenvalue weighted by Gasteiger charge is 1.94. The standard InChI is InChI=1S/C6H5BrN2S/c7-4-1-2-5(6(8)10)9-3-4/h1-3H,(H2,8,10). The molecule has 2 nitrogen and oxygen atoms in total. The van der Waals surface area contributed by atoms with E-state index in [2.05, 4.69) is 20.9 Å². The van der Waals surface area contributed by atoms with E-state index in [-0.39, 0.29) is 0 Å². The molecule has 10 heavy (non-hydrogen) atoms. The van der Waals surface area contributed by atoms with Gasteiger partial charge in [-0.1, -0.05) is 12.2 Å². The van der Waals surface area contributed by atoms with Gasteiger partial charge in [-0.3, -0.25) is 4.98 Å². The Labute approximate surface area is 72.6 Å². The van der Waals surface area contributed by atoms with Crippen LogP contribution in [0.5, 0.6) is 0 Å². The number of rotatable bonds is 1. The predicted molar refractivity (Wildman–Crippen MR) is 47.8 cm³/mol. The number of aromatic nitrogens is 1. The second-order valence-corrected chi connectivity index (χ2v) is 3.08. The molecule has 1 heterocycles. The van der Waals surface area contributed by atoms with E-state index in [1.54, 1.807) is 12.3 Å². The van der Waals surface area contributed by atoms with E-state index in [4.69, 9.17) is 18.0 Å². The minimum Gasteiger partial charge on any atom is -0.388 e. The Bertz CT molecular complexity index is 244. The molecule has 0 radical (unpaired) electrons. The lowest BCUT2D eigenvalue weighted by atomic mass is 10.4. The van der Waals surface area contributed by atoms with Gasteiger partial charge >= 0.3 is 0 Å². The third kappa shape index (κ3) is 1.75. The largest absolute Gasteiger partial charge is 0.388 e. The van der Waals surface area contributed by atoms with Gasteiger partial charge in [0, 0.05) is 10.7 Å². The molecule has 1 aromatic heterocycles. The molecule has 0 atom stereocenters. The molecular weight excluding hydrogens is 212 g/mol. The van der Waals surface area contributed by atoms with Crippen LogP contribution in [0.3, 0.4) is 0 Å². The fourth-order valence-corrected chi connectivity index (χ4v) is 0.877. The van der Waals surface area contributed by atoms with Crippen molar-refractivity contribution in [3.8, 4) is 0 Å². The van der Waals surface area contributed by atoms with Crippen LogP contribution in [0.4, 0.5) is 0 Å². The van der Waals surface area contributed by atoms with Gasteiger partial charge in [0.2, 0.25) is 0 Å². The Morgan fingerprint density at radius 2 is 2.30 bits per heavy atom. The SMILES string of the molecule is NC(=S)c1ccc(Br)cn1. The lowest BCUT2D eigenvalue weighted by molar-refractivity contribution is 1.28. The normalized spacial score (nSPS) is 9.30. The second-order valence-electron chi connectivity index (χ2n) is 1.73. The smallest absolute Gasteiger partial charge is 0.122 e. The van der Waals surface area contributed by atoms with Gasteiger partial charge in [0.25, 0.3) is 0 Å². The summed E-state index contributed by atoms with van der Waals surface area (Å²) in [5, 5.41) is 0. The highest BCUT2D eigenvalue weighted by molar-refractivity contribution is 9.10. The maximum Gasteiger partial charge on any atom is 0.122 e. The molecule has 0 saturated heterocycles. The Balaban J connectivity index is 3.00. The zero-order valence-corrected chi connectivity index (χ0v) is 7.45. The summed E-state index contributed by atoms with van der Waals surface area (Å²) in [5.74, 6) is 0. The molecule has 0 aliphatic carbocycles. The van der Waals surface area contributed by atoms with Crippen LogP contribution in [0.1, 0.15) is 5.69 Å². The van der Waals surface area contributed by atoms with Crippen molar-refractivity contribution >= 4 is 33.1 Å². The molecule has 2 N–H and O–H groups in total. The molecule has 0 aromatic carbocycles. The minimum absolute atomic E-state index is 0.326. The van der Waals surface area contributed by atoms with E-state index in [9.17, 15) is 0 Å². The van der Waals surface area contributed by atoms with Gasteiger partial charge in [0.15, 0.2) is 0 Å². The molecule has 0 amide bonds. The molecule has 0 bridgehead atoms. The Morgan fingerprint density at radius 1 is 1.60 bits per heavy atom. The van der Waals surface area contributed by atoms with Crippen LogP contribution in [-0.2, 0) is 0 Å². The number of halogens is 1. The van der Waals surface area contributed by atoms with Crippen molar-refractivity contribution in [1.82, 2.24) is 4.98 Å². The van der Waals surface area contributed by atoms with Crippen molar-refractivity contribution in [2.75, 3.05) is 0 Å². The van der Waals surface area contributed by atoms with E-state index in [1.807, 2.05) is 6.07 Å². The van der Waals surface area contributed by atoms with Crippen molar-refractivity contribution in [2.24, 2.45) is 5.73 Å². The van der Waals surface area contributed by atoms with E-state index >= 15 is 0 Å². The van der Waals surface area contributed by atoms with Gasteiger partial charge in [-0.25, -0.2) is 0 Å². The van der Waals surface area contributed by atoms with E-state index < -0.39 is 0 Å². The summed E-state index contributed by atoms with van der Waals surface area (Å²) in [7, 11) is 0. The quantitative estimate of drug-likeness (QED) is 0.724. The second kappa shape index (κ2) is 3.07. The molecule has 4 heteroatoms. The first-order chi connectivity index (χ1) is 4.70. The van der Waals surface area contributed by atoms with Gasteiger partial charge in [0.1, 0.15) is 4.99 Å². The lowest BCUT2D eigenvalue weighted by Gasteiger charge is -1.94. The van der Waals surface area contributed by atoms with Crippen LogP contribution < -0.4 is 5.73 Å². The summed E-state index contributed by atoms with van der Waals surface area (Å²) in [6.45, 7) is 0. The van der Waals surface area contributed by atoms with Gasteiger partial charge < -0.3 is 5.73 Å². The Morgan fingerprint density at radius 3 is 2.70 bits per heavy atom. The summed E-state index contributed by atoms with van der Waals surface area (Å²) in [6.07, 6.45) is 1.66. The van der Waals surface area contributed by atoms with Gasteiger partial charge in [-0.05, 0) is 28.1 Å². The molecule has 0 unspecified atom stereocenters. The Kier molecular flexibility index (Phi) is 2.34. The van der Waals surface area contributed by atoms with E-state index in [1.165, 1.54) is 0 Å². The first kappa shape index (κ1) is 7.63. The summed E-state index contributed by atoms with van der Waals surface area (Å²) in [6, 6.07) is 3.62. The van der Waals surface area contributed by atoms with Gasteiger partial charge in [0.05, 0.1) is 5.69 Å². The predicted octanol–water partition coefficient (Wildman–Crippen LogP) is 1.48. The topological polar surface area (TPSA) is 38.9 Å². The molecule has 1 rings (SSSR count).